The van der Waals surface area contributed by atoms with E-state index >= 15 is 0 Å². The van der Waals surface area contributed by atoms with Gasteiger partial charge in [0.2, 0.25) is 0 Å². The normalized spacial score (nSPS) is 26.5. The Hall–Kier alpha value is 0.200. The first-order chi connectivity index (χ1) is 6.03. The van der Waals surface area contributed by atoms with Crippen molar-refractivity contribution in [3.05, 3.63) is 0 Å². The highest BCUT2D eigenvalue weighted by Gasteiger charge is 2.40. The summed E-state index contributed by atoms with van der Waals surface area (Å²) >= 11 is 7.10. The Kier molecular flexibility index (Phi) is 3.60. The molecule has 0 bridgehead atoms. The van der Waals surface area contributed by atoms with Gasteiger partial charge in [-0.3, -0.25) is 0 Å². The summed E-state index contributed by atoms with van der Waals surface area (Å²) < 4.78 is 0. The summed E-state index contributed by atoms with van der Waals surface area (Å²) in [6.45, 7) is 6.61. The minimum atomic E-state index is 0.102. The number of thiocarbonyl (C=S) groups is 1. The van der Waals surface area contributed by atoms with Crippen LogP contribution < -0.4 is 0 Å². The molecule has 1 heterocycles. The zero-order valence-corrected chi connectivity index (χ0v) is 10.0. The number of rotatable bonds is 2. The Labute approximate surface area is 89.7 Å². The molecule has 1 aliphatic rings. The lowest BCUT2D eigenvalue weighted by molar-refractivity contribution is 0.181. The van der Waals surface area contributed by atoms with E-state index in [1.807, 2.05) is 0 Å². The van der Waals surface area contributed by atoms with Crippen LogP contribution in [0, 0.1) is 0 Å². The van der Waals surface area contributed by atoms with Gasteiger partial charge in [-0.15, -0.1) is 11.8 Å². The fraction of sp³-hybridized carbons (Fsp3) is 0.889. The van der Waals surface area contributed by atoms with Gasteiger partial charge in [0, 0.05) is 11.3 Å². The van der Waals surface area contributed by atoms with Crippen LogP contribution in [0.3, 0.4) is 0 Å². The molecule has 0 saturated carbocycles. The van der Waals surface area contributed by atoms with Crippen molar-refractivity contribution < 1.29 is 5.11 Å². The smallest absolute Gasteiger partial charge is 0.0992 e. The maximum Gasteiger partial charge on any atom is 0.0992 e. The van der Waals surface area contributed by atoms with Gasteiger partial charge in [-0.25, -0.2) is 0 Å². The molecule has 1 unspecified atom stereocenters. The van der Waals surface area contributed by atoms with Gasteiger partial charge in [0.25, 0.3) is 0 Å². The fourth-order valence-electron chi connectivity index (χ4n) is 1.64. The van der Waals surface area contributed by atoms with Crippen LogP contribution in [0.2, 0.25) is 0 Å². The van der Waals surface area contributed by atoms with E-state index in [1.165, 1.54) is 0 Å². The Morgan fingerprint density at radius 1 is 1.69 bits per heavy atom. The maximum atomic E-state index is 9.19. The summed E-state index contributed by atoms with van der Waals surface area (Å²) in [5.41, 5.74) is 0.102. The molecular weight excluding hydrogens is 202 g/mol. The highest BCUT2D eigenvalue weighted by Crippen LogP contribution is 2.36. The Morgan fingerprint density at radius 3 is 2.77 bits per heavy atom. The van der Waals surface area contributed by atoms with Crippen LogP contribution in [0.25, 0.3) is 0 Å². The van der Waals surface area contributed by atoms with Gasteiger partial charge in [0.05, 0.1) is 17.0 Å². The molecular formula is C9H17NOS2. The van der Waals surface area contributed by atoms with Crippen molar-refractivity contribution >= 4 is 29.0 Å². The molecule has 4 heteroatoms. The van der Waals surface area contributed by atoms with Crippen molar-refractivity contribution in [2.24, 2.45) is 0 Å². The van der Waals surface area contributed by atoms with E-state index in [1.54, 1.807) is 11.8 Å². The summed E-state index contributed by atoms with van der Waals surface area (Å²) in [6.07, 6.45) is 0.885. The molecule has 2 nitrogen and oxygen atoms in total. The van der Waals surface area contributed by atoms with Gasteiger partial charge < -0.3 is 10.0 Å². The summed E-state index contributed by atoms with van der Waals surface area (Å²) in [6, 6.07) is 0. The predicted octanol–water partition coefficient (Wildman–Crippen LogP) is 1.87. The van der Waals surface area contributed by atoms with E-state index < -0.39 is 0 Å². The minimum absolute atomic E-state index is 0.102. The Morgan fingerprint density at radius 2 is 2.31 bits per heavy atom. The van der Waals surface area contributed by atoms with E-state index in [0.29, 0.717) is 0 Å². The topological polar surface area (TPSA) is 23.5 Å². The van der Waals surface area contributed by atoms with Crippen LogP contribution in [0.15, 0.2) is 0 Å². The van der Waals surface area contributed by atoms with Crippen LogP contribution >= 0.6 is 24.0 Å². The number of hydrogen-bond donors (Lipinski definition) is 1. The standard InChI is InChI=1S/C9H17NOS2/c1-4-7(12)10-8(5-11)13-6-9(10,2)3/h8,11H,4-6H2,1-3H3. The highest BCUT2D eigenvalue weighted by atomic mass is 32.2. The third-order valence-electron chi connectivity index (χ3n) is 2.30. The van der Waals surface area contributed by atoms with Crippen molar-refractivity contribution in [3.63, 3.8) is 0 Å². The molecule has 0 aromatic heterocycles. The van der Waals surface area contributed by atoms with Crippen LogP contribution in [0.1, 0.15) is 27.2 Å². The number of aliphatic hydroxyl groups excluding tert-OH is 1. The fourth-order valence-corrected chi connectivity index (χ4v) is 3.48. The zero-order valence-electron chi connectivity index (χ0n) is 8.41. The molecule has 0 aliphatic carbocycles. The van der Waals surface area contributed by atoms with E-state index in [-0.39, 0.29) is 17.5 Å². The molecule has 0 aromatic rings. The molecule has 0 radical (unpaired) electrons. The molecule has 1 saturated heterocycles. The minimum Gasteiger partial charge on any atom is -0.393 e. The van der Waals surface area contributed by atoms with Crippen LogP contribution in [0.4, 0.5) is 0 Å². The third kappa shape index (κ3) is 2.17. The van der Waals surface area contributed by atoms with Crippen LogP contribution in [-0.2, 0) is 0 Å². The van der Waals surface area contributed by atoms with E-state index in [0.717, 1.165) is 17.2 Å². The van der Waals surface area contributed by atoms with Crippen molar-refractivity contribution in [1.29, 1.82) is 0 Å². The van der Waals surface area contributed by atoms with Gasteiger partial charge in [0.15, 0.2) is 0 Å². The first kappa shape index (κ1) is 11.3. The largest absolute Gasteiger partial charge is 0.393 e. The average Bonchev–Trinajstić information content (AvgIpc) is 2.39. The van der Waals surface area contributed by atoms with Crippen molar-refractivity contribution in [2.75, 3.05) is 12.4 Å². The SMILES string of the molecule is CCC(=S)N1C(CO)SCC1(C)C. The van der Waals surface area contributed by atoms with Crippen molar-refractivity contribution in [1.82, 2.24) is 4.90 Å². The van der Waals surface area contributed by atoms with Crippen molar-refractivity contribution in [3.8, 4) is 0 Å². The van der Waals surface area contributed by atoms with Crippen LogP contribution in [-0.4, -0.2) is 38.3 Å². The highest BCUT2D eigenvalue weighted by molar-refractivity contribution is 8.00. The second-order valence-electron chi connectivity index (χ2n) is 3.88. The van der Waals surface area contributed by atoms with Gasteiger partial charge in [0.1, 0.15) is 0 Å². The molecule has 1 atom stereocenters. The average molecular weight is 219 g/mol. The number of aliphatic hydroxyl groups is 1. The van der Waals surface area contributed by atoms with Gasteiger partial charge in [-0.1, -0.05) is 19.1 Å². The predicted molar refractivity (Wildman–Crippen MR) is 62.1 cm³/mol. The molecule has 76 valence electrons. The third-order valence-corrected chi connectivity index (χ3v) is 4.40. The molecule has 0 spiro atoms. The van der Waals surface area contributed by atoms with Crippen LogP contribution in [0.5, 0.6) is 0 Å². The van der Waals surface area contributed by atoms with Gasteiger partial charge in [-0.05, 0) is 20.3 Å². The summed E-state index contributed by atoms with van der Waals surface area (Å²) in [5, 5.41) is 9.36. The molecule has 13 heavy (non-hydrogen) atoms. The summed E-state index contributed by atoms with van der Waals surface area (Å²) in [4.78, 5) is 3.15. The van der Waals surface area contributed by atoms with Crippen molar-refractivity contribution in [2.45, 2.75) is 38.1 Å². The number of nitrogens with zero attached hydrogens (tertiary/aromatic N) is 1. The molecule has 0 aromatic carbocycles. The monoisotopic (exact) mass is 219 g/mol. The first-order valence-electron chi connectivity index (χ1n) is 4.57. The van der Waals surface area contributed by atoms with Gasteiger partial charge in [-0.2, -0.15) is 0 Å². The maximum absolute atomic E-state index is 9.19. The zero-order chi connectivity index (χ0) is 10.1. The lowest BCUT2D eigenvalue weighted by atomic mass is 10.1. The number of thioether (sulfide) groups is 1. The van der Waals surface area contributed by atoms with E-state index in [4.69, 9.17) is 12.2 Å². The molecule has 1 rings (SSSR count). The summed E-state index contributed by atoms with van der Waals surface area (Å²) in [7, 11) is 0. The molecule has 1 aliphatic heterocycles. The van der Waals surface area contributed by atoms with E-state index in [9.17, 15) is 5.11 Å². The quantitative estimate of drug-likeness (QED) is 0.716. The Bertz CT molecular complexity index is 206. The lowest BCUT2D eigenvalue weighted by Crippen LogP contribution is -2.48. The number of hydrogen-bond acceptors (Lipinski definition) is 3. The molecule has 1 N–H and O–H groups in total. The van der Waals surface area contributed by atoms with Gasteiger partial charge >= 0.3 is 0 Å². The second-order valence-corrected chi connectivity index (χ2v) is 5.52. The molecule has 1 fully saturated rings. The molecule has 0 amide bonds. The summed E-state index contributed by atoms with van der Waals surface area (Å²) in [5.74, 6) is 1.04. The first-order valence-corrected chi connectivity index (χ1v) is 6.03. The Balaban J connectivity index is 2.80. The second kappa shape index (κ2) is 4.15. The lowest BCUT2D eigenvalue weighted by Gasteiger charge is -2.36. The van der Waals surface area contributed by atoms with E-state index in [2.05, 4.69) is 25.7 Å².